The normalized spacial score (nSPS) is 20.6. The summed E-state index contributed by atoms with van der Waals surface area (Å²) < 4.78 is 0. The zero-order chi connectivity index (χ0) is 22.7. The molecule has 2 N–H and O–H groups in total. The van der Waals surface area contributed by atoms with Crippen molar-refractivity contribution in [1.82, 2.24) is 9.80 Å². The largest absolute Gasteiger partial charge is 0.380 e. The highest BCUT2D eigenvalue weighted by molar-refractivity contribution is 5.96. The second-order valence-electron chi connectivity index (χ2n) is 9.87. The first-order valence-electron chi connectivity index (χ1n) is 11.2. The minimum absolute atomic E-state index is 0.0315. The first-order valence-corrected chi connectivity index (χ1v) is 11.2. The summed E-state index contributed by atoms with van der Waals surface area (Å²) in [7, 11) is 2.06. The summed E-state index contributed by atoms with van der Waals surface area (Å²) in [4.78, 5) is 31.6. The Kier molecular flexibility index (Phi) is 4.71. The van der Waals surface area contributed by atoms with Crippen LogP contribution < -0.4 is 10.2 Å². The highest BCUT2D eigenvalue weighted by Crippen LogP contribution is 2.38. The number of piperazine rings is 1. The third-order valence-electron chi connectivity index (χ3n) is 6.94. The van der Waals surface area contributed by atoms with Crippen molar-refractivity contribution < 1.29 is 14.7 Å². The van der Waals surface area contributed by atoms with Crippen molar-refractivity contribution >= 4 is 23.2 Å². The van der Waals surface area contributed by atoms with E-state index in [1.165, 1.54) is 5.69 Å². The van der Waals surface area contributed by atoms with Gasteiger partial charge in [0, 0.05) is 32.2 Å². The van der Waals surface area contributed by atoms with Gasteiger partial charge in [0.1, 0.15) is 5.60 Å². The van der Waals surface area contributed by atoms with E-state index in [2.05, 4.69) is 35.5 Å². The molecule has 32 heavy (non-hydrogen) atoms. The quantitative estimate of drug-likeness (QED) is 0.777. The van der Waals surface area contributed by atoms with Crippen molar-refractivity contribution in [3.8, 4) is 11.1 Å². The number of anilines is 2. The van der Waals surface area contributed by atoms with E-state index in [9.17, 15) is 14.7 Å². The van der Waals surface area contributed by atoms with Crippen LogP contribution in [0.4, 0.5) is 11.4 Å². The van der Waals surface area contributed by atoms with E-state index >= 15 is 0 Å². The molecule has 2 aromatic carbocycles. The number of aliphatic hydroxyl groups is 1. The summed E-state index contributed by atoms with van der Waals surface area (Å²) in [6.07, 6.45) is 1.07. The van der Waals surface area contributed by atoms with Gasteiger partial charge in [-0.15, -0.1) is 0 Å². The number of carbonyl (C=O) groups excluding carboxylic acids is 2. The van der Waals surface area contributed by atoms with Crippen LogP contribution in [0.15, 0.2) is 42.5 Å². The summed E-state index contributed by atoms with van der Waals surface area (Å²) in [5.74, 6) is -0.229. The molecule has 1 aliphatic carbocycles. The van der Waals surface area contributed by atoms with Crippen molar-refractivity contribution in [3.63, 3.8) is 0 Å². The van der Waals surface area contributed by atoms with Gasteiger partial charge in [0.05, 0.1) is 23.6 Å². The third kappa shape index (κ3) is 3.50. The van der Waals surface area contributed by atoms with E-state index in [1.807, 2.05) is 43.0 Å². The van der Waals surface area contributed by atoms with Gasteiger partial charge in [-0.25, -0.2) is 0 Å². The van der Waals surface area contributed by atoms with E-state index in [0.29, 0.717) is 38.0 Å². The fourth-order valence-electron chi connectivity index (χ4n) is 4.77. The van der Waals surface area contributed by atoms with Gasteiger partial charge in [0.2, 0.25) is 0 Å². The first-order chi connectivity index (χ1) is 15.2. The van der Waals surface area contributed by atoms with Gasteiger partial charge in [0.25, 0.3) is 11.8 Å². The molecule has 0 spiro atoms. The number of nitrogens with zero attached hydrogens (tertiary/aromatic N) is 3. The molecule has 2 amide bonds. The smallest absolute Gasteiger partial charge is 0.254 e. The molecule has 0 aromatic heterocycles. The van der Waals surface area contributed by atoms with Crippen LogP contribution in [0.1, 0.15) is 37.0 Å². The van der Waals surface area contributed by atoms with Crippen LogP contribution in [0.3, 0.4) is 0 Å². The molecule has 0 radical (unpaired) electrons. The van der Waals surface area contributed by atoms with Crippen molar-refractivity contribution in [2.75, 3.05) is 43.6 Å². The van der Waals surface area contributed by atoms with Crippen LogP contribution in [0.2, 0.25) is 0 Å². The Hall–Kier alpha value is -3.06. The van der Waals surface area contributed by atoms with Crippen LogP contribution in [0.5, 0.6) is 0 Å². The minimum atomic E-state index is -1.17. The van der Waals surface area contributed by atoms with Gasteiger partial charge in [-0.2, -0.15) is 0 Å². The average molecular weight is 435 g/mol. The molecule has 1 saturated heterocycles. The molecule has 7 nitrogen and oxygen atoms in total. The number of benzene rings is 2. The van der Waals surface area contributed by atoms with Crippen LogP contribution >= 0.6 is 0 Å². The molecule has 2 fully saturated rings. The van der Waals surface area contributed by atoms with E-state index < -0.39 is 11.1 Å². The first kappa shape index (κ1) is 20.8. The highest BCUT2D eigenvalue weighted by Gasteiger charge is 2.52. The van der Waals surface area contributed by atoms with Crippen molar-refractivity contribution in [2.24, 2.45) is 0 Å². The maximum Gasteiger partial charge on any atom is 0.254 e. The third-order valence-corrected chi connectivity index (χ3v) is 6.94. The predicted octanol–water partition coefficient (Wildman–Crippen LogP) is 2.76. The Morgan fingerprint density at radius 2 is 1.69 bits per heavy atom. The fourth-order valence-corrected chi connectivity index (χ4v) is 4.77. The molecule has 168 valence electrons. The molecule has 3 aliphatic rings. The Morgan fingerprint density at radius 3 is 2.34 bits per heavy atom. The molecule has 2 aromatic rings. The molecule has 2 aliphatic heterocycles. The monoisotopic (exact) mass is 434 g/mol. The molecule has 2 heterocycles. The molecule has 0 atom stereocenters. The summed E-state index contributed by atoms with van der Waals surface area (Å²) in [5.41, 5.74) is 3.45. The lowest BCUT2D eigenvalue weighted by Crippen LogP contribution is -2.63. The fraction of sp³-hybridized carbons (Fsp3) is 0.440. The van der Waals surface area contributed by atoms with Gasteiger partial charge in [-0.1, -0.05) is 18.2 Å². The highest BCUT2D eigenvalue weighted by atomic mass is 16.3. The number of hydrogen-bond acceptors (Lipinski definition) is 5. The molecular weight excluding hydrogens is 404 g/mol. The Balaban J connectivity index is 1.30. The lowest BCUT2D eigenvalue weighted by atomic mass is 9.96. The van der Waals surface area contributed by atoms with E-state index in [1.54, 1.807) is 4.90 Å². The van der Waals surface area contributed by atoms with Gasteiger partial charge < -0.3 is 25.1 Å². The standard InChI is InChI=1S/C25H30N4O3/c1-24(2)15-28(23(31)25(32)10-11-25)12-13-29(24)22(30)18-6-4-17(5-7-18)19-8-9-21-20(14-19)26-16-27(21)3/h4-9,14,26,32H,10-13,15-16H2,1-3H3. The van der Waals surface area contributed by atoms with E-state index in [4.69, 9.17) is 0 Å². The second kappa shape index (κ2) is 7.24. The van der Waals surface area contributed by atoms with Gasteiger partial charge in [-0.05, 0) is 62.1 Å². The lowest BCUT2D eigenvalue weighted by Gasteiger charge is -2.47. The van der Waals surface area contributed by atoms with E-state index in [0.717, 1.165) is 23.5 Å². The number of carbonyl (C=O) groups is 2. The molecule has 0 unspecified atom stereocenters. The van der Waals surface area contributed by atoms with Gasteiger partial charge >= 0.3 is 0 Å². The average Bonchev–Trinajstić information content (AvgIpc) is 3.43. The number of rotatable bonds is 3. The minimum Gasteiger partial charge on any atom is -0.380 e. The van der Waals surface area contributed by atoms with Gasteiger partial charge in [-0.3, -0.25) is 9.59 Å². The predicted molar refractivity (Wildman–Crippen MR) is 125 cm³/mol. The lowest BCUT2D eigenvalue weighted by molar-refractivity contribution is -0.146. The summed E-state index contributed by atoms with van der Waals surface area (Å²) in [6, 6.07) is 14.1. The Bertz CT molecular complexity index is 1080. The number of nitrogens with one attached hydrogen (secondary N) is 1. The molecule has 1 saturated carbocycles. The SMILES string of the molecule is CN1CNc2cc(-c3ccc(C(=O)N4CCN(C(=O)C5(O)CC5)CC4(C)C)cc3)ccc21. The molecule has 5 rings (SSSR count). The van der Waals surface area contributed by atoms with Crippen LogP contribution in [-0.4, -0.2) is 71.2 Å². The van der Waals surface area contributed by atoms with E-state index in [-0.39, 0.29) is 11.8 Å². The number of amides is 2. The summed E-state index contributed by atoms with van der Waals surface area (Å²) in [5, 5.41) is 13.6. The van der Waals surface area contributed by atoms with Crippen LogP contribution in [0.25, 0.3) is 11.1 Å². The molecular formula is C25H30N4O3. The maximum absolute atomic E-state index is 13.3. The summed E-state index contributed by atoms with van der Waals surface area (Å²) in [6.45, 7) is 6.09. The van der Waals surface area contributed by atoms with Crippen molar-refractivity contribution in [2.45, 2.75) is 37.8 Å². The summed E-state index contributed by atoms with van der Waals surface area (Å²) >= 11 is 0. The zero-order valence-corrected chi connectivity index (χ0v) is 18.9. The number of fused-ring (bicyclic) bond motifs is 1. The van der Waals surface area contributed by atoms with Gasteiger partial charge in [0.15, 0.2) is 0 Å². The molecule has 7 heteroatoms. The Morgan fingerprint density at radius 1 is 1.00 bits per heavy atom. The molecule has 0 bridgehead atoms. The second-order valence-corrected chi connectivity index (χ2v) is 9.87. The number of hydrogen-bond donors (Lipinski definition) is 2. The Labute approximate surface area is 188 Å². The zero-order valence-electron chi connectivity index (χ0n) is 18.9. The van der Waals surface area contributed by atoms with Crippen LogP contribution in [0, 0.1) is 0 Å². The maximum atomic E-state index is 13.3. The van der Waals surface area contributed by atoms with Crippen LogP contribution in [-0.2, 0) is 4.79 Å². The topological polar surface area (TPSA) is 76.1 Å². The van der Waals surface area contributed by atoms with Crippen molar-refractivity contribution in [1.29, 1.82) is 0 Å². The van der Waals surface area contributed by atoms with Crippen molar-refractivity contribution in [3.05, 3.63) is 48.0 Å².